The third-order valence-corrected chi connectivity index (χ3v) is 4.58. The molecule has 3 heteroatoms. The van der Waals surface area contributed by atoms with E-state index in [-0.39, 0.29) is 0 Å². The monoisotopic (exact) mass is 274 g/mol. The number of hydrogen-bond donors (Lipinski definition) is 1. The molecule has 0 atom stereocenters. The number of nitrogens with zero attached hydrogens (tertiary/aromatic N) is 1. The van der Waals surface area contributed by atoms with Gasteiger partial charge in [-0.05, 0) is 38.4 Å². The van der Waals surface area contributed by atoms with Crippen molar-refractivity contribution >= 4 is 0 Å². The first-order valence-corrected chi connectivity index (χ1v) is 7.76. The Balaban J connectivity index is 1.62. The molecule has 0 amide bonds. The van der Waals surface area contributed by atoms with E-state index in [1.165, 1.54) is 11.1 Å². The number of likely N-dealkylation sites (tertiary alicyclic amines) is 1. The summed E-state index contributed by atoms with van der Waals surface area (Å²) in [7, 11) is 0. The zero-order valence-electron chi connectivity index (χ0n) is 12.9. The number of rotatable bonds is 4. The number of benzene rings is 1. The Labute approximate surface area is 122 Å². The van der Waals surface area contributed by atoms with E-state index in [1.807, 2.05) is 0 Å². The minimum atomic E-state index is 0.315. The summed E-state index contributed by atoms with van der Waals surface area (Å²) < 4.78 is 6.17. The van der Waals surface area contributed by atoms with E-state index in [0.717, 1.165) is 45.0 Å². The fraction of sp³-hybridized carbons (Fsp3) is 0.647. The molecule has 0 unspecified atom stereocenters. The van der Waals surface area contributed by atoms with Gasteiger partial charge in [0.05, 0.1) is 6.61 Å². The minimum Gasteiger partial charge on any atom is -0.493 e. The van der Waals surface area contributed by atoms with E-state index in [4.69, 9.17) is 4.74 Å². The second kappa shape index (κ2) is 5.38. The van der Waals surface area contributed by atoms with Crippen molar-refractivity contribution in [1.29, 1.82) is 0 Å². The van der Waals surface area contributed by atoms with Crippen LogP contribution in [0, 0.1) is 5.41 Å². The fourth-order valence-electron chi connectivity index (χ4n) is 3.26. The molecule has 0 spiro atoms. The minimum absolute atomic E-state index is 0.315. The van der Waals surface area contributed by atoms with Crippen LogP contribution in [-0.4, -0.2) is 37.2 Å². The molecule has 0 aliphatic carbocycles. The van der Waals surface area contributed by atoms with Crippen LogP contribution in [-0.2, 0) is 13.0 Å². The van der Waals surface area contributed by atoms with Gasteiger partial charge in [-0.1, -0.05) is 19.1 Å². The molecule has 2 heterocycles. The van der Waals surface area contributed by atoms with Crippen LogP contribution in [0.1, 0.15) is 31.9 Å². The fourth-order valence-corrected chi connectivity index (χ4v) is 3.26. The zero-order valence-corrected chi connectivity index (χ0v) is 12.9. The summed E-state index contributed by atoms with van der Waals surface area (Å²) in [4.78, 5) is 2.51. The molecule has 0 bridgehead atoms. The highest BCUT2D eigenvalue weighted by atomic mass is 16.5. The molecule has 1 saturated heterocycles. The number of fused-ring (bicyclic) bond motifs is 1. The molecule has 110 valence electrons. The number of ether oxygens (including phenoxy) is 1. The first-order chi connectivity index (χ1) is 9.57. The SMILES string of the molecule is CC(C)N1CC(C)(COc2cccc3c2CNCC3)C1. The second-order valence-corrected chi connectivity index (χ2v) is 6.92. The number of nitrogens with one attached hydrogen (secondary N) is 1. The third kappa shape index (κ3) is 2.70. The Bertz CT molecular complexity index is 478. The summed E-state index contributed by atoms with van der Waals surface area (Å²) in [6, 6.07) is 7.13. The van der Waals surface area contributed by atoms with Crippen LogP contribution in [0.5, 0.6) is 5.75 Å². The first-order valence-electron chi connectivity index (χ1n) is 7.76. The van der Waals surface area contributed by atoms with Gasteiger partial charge in [0.25, 0.3) is 0 Å². The van der Waals surface area contributed by atoms with Crippen molar-refractivity contribution in [3.8, 4) is 5.75 Å². The molecule has 1 N–H and O–H groups in total. The van der Waals surface area contributed by atoms with Crippen molar-refractivity contribution < 1.29 is 4.74 Å². The predicted octanol–water partition coefficient (Wildman–Crippen LogP) is 2.44. The highest BCUT2D eigenvalue weighted by Crippen LogP contribution is 2.33. The average Bonchev–Trinajstić information content (AvgIpc) is 2.42. The molecule has 3 nitrogen and oxygen atoms in total. The van der Waals surface area contributed by atoms with Gasteiger partial charge in [0, 0.05) is 36.7 Å². The Morgan fingerprint density at radius 3 is 2.90 bits per heavy atom. The van der Waals surface area contributed by atoms with Crippen LogP contribution in [0.25, 0.3) is 0 Å². The van der Waals surface area contributed by atoms with Crippen molar-refractivity contribution in [2.24, 2.45) is 5.41 Å². The van der Waals surface area contributed by atoms with Gasteiger partial charge in [0.15, 0.2) is 0 Å². The van der Waals surface area contributed by atoms with Crippen LogP contribution in [0.4, 0.5) is 0 Å². The molecule has 2 aliphatic rings. The third-order valence-electron chi connectivity index (χ3n) is 4.58. The van der Waals surface area contributed by atoms with E-state index < -0.39 is 0 Å². The lowest BCUT2D eigenvalue weighted by atomic mass is 9.82. The molecule has 2 aliphatic heterocycles. The van der Waals surface area contributed by atoms with Crippen LogP contribution < -0.4 is 10.1 Å². The smallest absolute Gasteiger partial charge is 0.124 e. The van der Waals surface area contributed by atoms with Gasteiger partial charge in [-0.15, -0.1) is 0 Å². The average molecular weight is 274 g/mol. The number of hydrogen-bond acceptors (Lipinski definition) is 3. The van der Waals surface area contributed by atoms with Crippen LogP contribution in [0.15, 0.2) is 18.2 Å². The van der Waals surface area contributed by atoms with Crippen LogP contribution in [0.2, 0.25) is 0 Å². The van der Waals surface area contributed by atoms with Crippen molar-refractivity contribution in [1.82, 2.24) is 10.2 Å². The van der Waals surface area contributed by atoms with E-state index >= 15 is 0 Å². The maximum absolute atomic E-state index is 6.17. The van der Waals surface area contributed by atoms with Gasteiger partial charge in [0.1, 0.15) is 5.75 Å². The molecule has 0 saturated carbocycles. The molecule has 1 aromatic rings. The van der Waals surface area contributed by atoms with E-state index in [0.29, 0.717) is 11.5 Å². The molecule has 1 aromatic carbocycles. The summed E-state index contributed by atoms with van der Waals surface area (Å²) in [5, 5.41) is 3.44. The van der Waals surface area contributed by atoms with Crippen molar-refractivity contribution in [2.75, 3.05) is 26.2 Å². The van der Waals surface area contributed by atoms with Crippen molar-refractivity contribution in [2.45, 2.75) is 39.8 Å². The molecule has 0 aromatic heterocycles. The lowest BCUT2D eigenvalue weighted by molar-refractivity contribution is -0.0378. The molecule has 3 rings (SSSR count). The molecule has 0 radical (unpaired) electrons. The van der Waals surface area contributed by atoms with Crippen LogP contribution in [0.3, 0.4) is 0 Å². The van der Waals surface area contributed by atoms with Gasteiger partial charge >= 0.3 is 0 Å². The highest BCUT2D eigenvalue weighted by molar-refractivity contribution is 5.41. The molecular formula is C17H26N2O. The summed E-state index contributed by atoms with van der Waals surface area (Å²) >= 11 is 0. The van der Waals surface area contributed by atoms with Crippen LogP contribution >= 0.6 is 0 Å². The zero-order chi connectivity index (χ0) is 14.2. The predicted molar refractivity (Wildman–Crippen MR) is 82.2 cm³/mol. The Morgan fingerprint density at radius 1 is 1.35 bits per heavy atom. The standard InChI is InChI=1S/C17H26N2O/c1-13(2)19-10-17(3,11-19)12-20-16-6-4-5-14-7-8-18-9-15(14)16/h4-6,13,18H,7-12H2,1-3H3. The summed E-state index contributed by atoms with van der Waals surface area (Å²) in [6.07, 6.45) is 1.12. The maximum atomic E-state index is 6.17. The largest absolute Gasteiger partial charge is 0.493 e. The summed E-state index contributed by atoms with van der Waals surface area (Å²) in [5.41, 5.74) is 3.13. The van der Waals surface area contributed by atoms with Crippen molar-refractivity contribution in [3.05, 3.63) is 29.3 Å². The lowest BCUT2D eigenvalue weighted by Crippen LogP contribution is -2.59. The highest BCUT2D eigenvalue weighted by Gasteiger charge is 2.40. The Hall–Kier alpha value is -1.06. The molecular weight excluding hydrogens is 248 g/mol. The van der Waals surface area contributed by atoms with Gasteiger partial charge < -0.3 is 10.1 Å². The van der Waals surface area contributed by atoms with Crippen molar-refractivity contribution in [3.63, 3.8) is 0 Å². The second-order valence-electron chi connectivity index (χ2n) is 6.92. The Kier molecular flexibility index (Phi) is 3.74. The summed E-state index contributed by atoms with van der Waals surface area (Å²) in [5.74, 6) is 1.08. The summed E-state index contributed by atoms with van der Waals surface area (Å²) in [6.45, 7) is 12.0. The normalized spacial score (nSPS) is 21.4. The first kappa shape index (κ1) is 13.9. The topological polar surface area (TPSA) is 24.5 Å². The Morgan fingerprint density at radius 2 is 2.15 bits per heavy atom. The van der Waals surface area contributed by atoms with E-state index in [2.05, 4.69) is 49.2 Å². The van der Waals surface area contributed by atoms with Gasteiger partial charge in [-0.3, -0.25) is 4.90 Å². The van der Waals surface area contributed by atoms with E-state index in [1.54, 1.807) is 0 Å². The van der Waals surface area contributed by atoms with Gasteiger partial charge in [-0.2, -0.15) is 0 Å². The lowest BCUT2D eigenvalue weighted by Gasteiger charge is -2.50. The van der Waals surface area contributed by atoms with Gasteiger partial charge in [0.2, 0.25) is 0 Å². The quantitative estimate of drug-likeness (QED) is 0.912. The maximum Gasteiger partial charge on any atom is 0.124 e. The van der Waals surface area contributed by atoms with Gasteiger partial charge in [-0.25, -0.2) is 0 Å². The molecule has 1 fully saturated rings. The van der Waals surface area contributed by atoms with E-state index in [9.17, 15) is 0 Å². The molecule has 20 heavy (non-hydrogen) atoms.